The van der Waals surface area contributed by atoms with Gasteiger partial charge in [0, 0.05) is 12.2 Å². The molecule has 2 atom stereocenters. The normalized spacial score (nSPS) is 20.2. The van der Waals surface area contributed by atoms with Crippen LogP contribution in [0.3, 0.4) is 0 Å². The van der Waals surface area contributed by atoms with E-state index >= 15 is 0 Å². The molecule has 0 bridgehead atoms. The zero-order chi connectivity index (χ0) is 14.5. The van der Waals surface area contributed by atoms with Crippen LogP contribution in [-0.4, -0.2) is 36.5 Å². The fourth-order valence-corrected chi connectivity index (χ4v) is 2.80. The second-order valence-corrected chi connectivity index (χ2v) is 5.63. The Labute approximate surface area is 121 Å². The first kappa shape index (κ1) is 15.0. The standard InChI is InChI=1S/C16H25N3O/c1-3-19(11-12(2)10-17)15-9-8-13-6-4-5-7-14(13)18-16(15)20/h4-7,12,15H,3,8-11,17H2,1-2H3,(H,18,20). The van der Waals surface area contributed by atoms with Crippen LogP contribution < -0.4 is 11.1 Å². The molecule has 1 aromatic rings. The number of hydrogen-bond donors (Lipinski definition) is 2. The molecule has 2 rings (SSSR count). The fraction of sp³-hybridized carbons (Fsp3) is 0.562. The van der Waals surface area contributed by atoms with Crippen LogP contribution in [0.1, 0.15) is 25.8 Å². The summed E-state index contributed by atoms with van der Waals surface area (Å²) in [5.41, 5.74) is 7.90. The molecule has 1 amide bonds. The molecule has 4 nitrogen and oxygen atoms in total. The number of amides is 1. The maximum Gasteiger partial charge on any atom is 0.241 e. The van der Waals surface area contributed by atoms with Crippen molar-refractivity contribution in [3.8, 4) is 0 Å². The van der Waals surface area contributed by atoms with Crippen molar-refractivity contribution in [2.75, 3.05) is 25.0 Å². The molecule has 1 heterocycles. The van der Waals surface area contributed by atoms with E-state index in [1.165, 1.54) is 5.56 Å². The van der Waals surface area contributed by atoms with Gasteiger partial charge in [0.15, 0.2) is 0 Å². The lowest BCUT2D eigenvalue weighted by Gasteiger charge is -2.30. The van der Waals surface area contributed by atoms with Crippen molar-refractivity contribution in [1.29, 1.82) is 0 Å². The number of benzene rings is 1. The molecule has 110 valence electrons. The summed E-state index contributed by atoms with van der Waals surface area (Å²) >= 11 is 0. The molecular weight excluding hydrogens is 250 g/mol. The molecule has 0 saturated carbocycles. The van der Waals surface area contributed by atoms with Crippen LogP contribution in [-0.2, 0) is 11.2 Å². The predicted molar refractivity (Wildman–Crippen MR) is 82.6 cm³/mol. The zero-order valence-corrected chi connectivity index (χ0v) is 12.4. The van der Waals surface area contributed by atoms with E-state index in [4.69, 9.17) is 5.73 Å². The topological polar surface area (TPSA) is 58.4 Å². The van der Waals surface area contributed by atoms with E-state index in [2.05, 4.69) is 30.1 Å². The SMILES string of the molecule is CCN(CC(C)CN)C1CCc2ccccc2NC1=O. The number of para-hydroxylation sites is 1. The highest BCUT2D eigenvalue weighted by atomic mass is 16.2. The minimum atomic E-state index is -0.0543. The van der Waals surface area contributed by atoms with Gasteiger partial charge in [0.25, 0.3) is 0 Å². The van der Waals surface area contributed by atoms with Crippen molar-refractivity contribution in [2.45, 2.75) is 32.7 Å². The van der Waals surface area contributed by atoms with Crippen molar-refractivity contribution in [3.63, 3.8) is 0 Å². The van der Waals surface area contributed by atoms with Crippen molar-refractivity contribution in [1.82, 2.24) is 4.90 Å². The van der Waals surface area contributed by atoms with Gasteiger partial charge in [-0.15, -0.1) is 0 Å². The molecule has 0 saturated heterocycles. The highest BCUT2D eigenvalue weighted by Crippen LogP contribution is 2.24. The molecule has 0 radical (unpaired) electrons. The van der Waals surface area contributed by atoms with Crippen LogP contribution in [0.4, 0.5) is 5.69 Å². The van der Waals surface area contributed by atoms with Crippen LogP contribution in [0, 0.1) is 5.92 Å². The Balaban J connectivity index is 2.12. The van der Waals surface area contributed by atoms with E-state index in [0.717, 1.165) is 31.6 Å². The molecule has 1 aliphatic rings. The van der Waals surface area contributed by atoms with Gasteiger partial charge in [0.05, 0.1) is 6.04 Å². The zero-order valence-electron chi connectivity index (χ0n) is 12.4. The summed E-state index contributed by atoms with van der Waals surface area (Å²) in [6, 6.07) is 8.01. The van der Waals surface area contributed by atoms with Gasteiger partial charge in [-0.3, -0.25) is 9.69 Å². The van der Waals surface area contributed by atoms with Gasteiger partial charge >= 0.3 is 0 Å². The Bertz CT molecular complexity index is 461. The molecule has 4 heteroatoms. The quantitative estimate of drug-likeness (QED) is 0.862. The van der Waals surface area contributed by atoms with Gasteiger partial charge in [-0.25, -0.2) is 0 Å². The molecule has 1 aliphatic heterocycles. The number of likely N-dealkylation sites (N-methyl/N-ethyl adjacent to an activating group) is 1. The first-order valence-corrected chi connectivity index (χ1v) is 7.48. The Morgan fingerprint density at radius 3 is 2.90 bits per heavy atom. The molecular formula is C16H25N3O. The van der Waals surface area contributed by atoms with Crippen molar-refractivity contribution in [3.05, 3.63) is 29.8 Å². The minimum absolute atomic E-state index is 0.0543. The molecule has 0 fully saturated rings. The van der Waals surface area contributed by atoms with E-state index in [0.29, 0.717) is 12.5 Å². The lowest BCUT2D eigenvalue weighted by atomic mass is 10.0. The van der Waals surface area contributed by atoms with Crippen molar-refractivity contribution in [2.24, 2.45) is 11.7 Å². The highest BCUT2D eigenvalue weighted by Gasteiger charge is 2.28. The summed E-state index contributed by atoms with van der Waals surface area (Å²) in [6.45, 7) is 6.64. The van der Waals surface area contributed by atoms with Gasteiger partial charge in [-0.1, -0.05) is 32.0 Å². The minimum Gasteiger partial charge on any atom is -0.330 e. The molecule has 0 aliphatic carbocycles. The summed E-state index contributed by atoms with van der Waals surface area (Å²) in [5.74, 6) is 0.523. The Morgan fingerprint density at radius 1 is 1.45 bits per heavy atom. The van der Waals surface area contributed by atoms with Crippen LogP contribution in [0.5, 0.6) is 0 Å². The summed E-state index contributed by atoms with van der Waals surface area (Å²) in [6.07, 6.45) is 1.81. The average Bonchev–Trinajstić information content (AvgIpc) is 2.63. The molecule has 2 unspecified atom stereocenters. The van der Waals surface area contributed by atoms with Gasteiger partial charge in [0.2, 0.25) is 5.91 Å². The van der Waals surface area contributed by atoms with Crippen molar-refractivity contribution >= 4 is 11.6 Å². The monoisotopic (exact) mass is 275 g/mol. The first-order valence-electron chi connectivity index (χ1n) is 7.48. The Hall–Kier alpha value is -1.39. The predicted octanol–water partition coefficient (Wildman–Crippen LogP) is 1.86. The molecule has 20 heavy (non-hydrogen) atoms. The van der Waals surface area contributed by atoms with Gasteiger partial charge in [-0.2, -0.15) is 0 Å². The second-order valence-electron chi connectivity index (χ2n) is 5.63. The maximum atomic E-state index is 12.5. The van der Waals surface area contributed by atoms with Gasteiger partial charge < -0.3 is 11.1 Å². The van der Waals surface area contributed by atoms with Crippen LogP contribution in [0.15, 0.2) is 24.3 Å². The molecule has 1 aromatic carbocycles. The number of aryl methyl sites for hydroxylation is 1. The third-order valence-electron chi connectivity index (χ3n) is 4.06. The number of rotatable bonds is 5. The molecule has 0 aromatic heterocycles. The van der Waals surface area contributed by atoms with E-state index in [1.807, 2.05) is 18.2 Å². The summed E-state index contributed by atoms with van der Waals surface area (Å²) < 4.78 is 0. The lowest BCUT2D eigenvalue weighted by molar-refractivity contribution is -0.121. The van der Waals surface area contributed by atoms with Crippen LogP contribution >= 0.6 is 0 Å². The maximum absolute atomic E-state index is 12.5. The average molecular weight is 275 g/mol. The summed E-state index contributed by atoms with van der Waals surface area (Å²) in [4.78, 5) is 14.7. The summed E-state index contributed by atoms with van der Waals surface area (Å²) in [5, 5.41) is 3.07. The third kappa shape index (κ3) is 3.38. The first-order chi connectivity index (χ1) is 9.65. The third-order valence-corrected chi connectivity index (χ3v) is 4.06. The van der Waals surface area contributed by atoms with Gasteiger partial charge in [-0.05, 0) is 43.5 Å². The van der Waals surface area contributed by atoms with E-state index < -0.39 is 0 Å². The fourth-order valence-electron chi connectivity index (χ4n) is 2.80. The number of carbonyl (C=O) groups excluding carboxylic acids is 1. The van der Waals surface area contributed by atoms with Crippen molar-refractivity contribution < 1.29 is 4.79 Å². The lowest BCUT2D eigenvalue weighted by Crippen LogP contribution is -2.46. The van der Waals surface area contributed by atoms with E-state index in [-0.39, 0.29) is 11.9 Å². The Kier molecular flexibility index (Phi) is 5.15. The number of anilines is 1. The van der Waals surface area contributed by atoms with Crippen LogP contribution in [0.2, 0.25) is 0 Å². The summed E-state index contributed by atoms with van der Waals surface area (Å²) in [7, 11) is 0. The smallest absolute Gasteiger partial charge is 0.241 e. The van der Waals surface area contributed by atoms with E-state index in [1.54, 1.807) is 0 Å². The number of carbonyl (C=O) groups is 1. The molecule has 3 N–H and O–H groups in total. The number of nitrogens with two attached hydrogens (primary N) is 1. The second kappa shape index (κ2) is 6.86. The Morgan fingerprint density at radius 2 is 2.20 bits per heavy atom. The number of nitrogens with one attached hydrogen (secondary N) is 1. The van der Waals surface area contributed by atoms with E-state index in [9.17, 15) is 4.79 Å². The van der Waals surface area contributed by atoms with Gasteiger partial charge in [0.1, 0.15) is 0 Å². The molecule has 0 spiro atoms. The largest absolute Gasteiger partial charge is 0.330 e. The highest BCUT2D eigenvalue weighted by molar-refractivity contribution is 5.96. The van der Waals surface area contributed by atoms with Crippen LogP contribution in [0.25, 0.3) is 0 Å². The number of hydrogen-bond acceptors (Lipinski definition) is 3. The number of fused-ring (bicyclic) bond motifs is 1. The number of nitrogens with zero attached hydrogens (tertiary/aromatic N) is 1.